The summed E-state index contributed by atoms with van der Waals surface area (Å²) >= 11 is 0. The number of hydrogen-bond donors (Lipinski definition) is 1. The minimum absolute atomic E-state index is 0.305. The maximum absolute atomic E-state index is 11.0. The smallest absolute Gasteiger partial charge is 0.309 e. The average molecular weight is 197 g/mol. The van der Waals surface area contributed by atoms with E-state index in [9.17, 15) is 4.79 Å². The molecular weight excluding hydrogens is 178 g/mol. The molecule has 0 aromatic rings. The van der Waals surface area contributed by atoms with Gasteiger partial charge in [-0.15, -0.1) is 0 Å². The van der Waals surface area contributed by atoms with Crippen molar-refractivity contribution >= 4 is 5.97 Å². The van der Waals surface area contributed by atoms with Gasteiger partial charge < -0.3 is 10.0 Å². The van der Waals surface area contributed by atoms with Gasteiger partial charge >= 0.3 is 5.97 Å². The van der Waals surface area contributed by atoms with Gasteiger partial charge in [-0.3, -0.25) is 4.79 Å². The number of nitrogens with zero attached hydrogens (tertiary/aromatic N) is 1. The molecule has 80 valence electrons. The third-order valence-electron chi connectivity index (χ3n) is 3.82. The maximum Gasteiger partial charge on any atom is 0.309 e. The average Bonchev–Trinajstić information content (AvgIpc) is 2.90. The zero-order valence-electron chi connectivity index (χ0n) is 8.83. The van der Waals surface area contributed by atoms with Crippen molar-refractivity contribution in [3.8, 4) is 0 Å². The lowest BCUT2D eigenvalue weighted by molar-refractivity contribution is -0.144. The van der Waals surface area contributed by atoms with E-state index in [1.54, 1.807) is 0 Å². The first kappa shape index (κ1) is 9.97. The summed E-state index contributed by atoms with van der Waals surface area (Å²) < 4.78 is 0. The molecule has 0 radical (unpaired) electrons. The largest absolute Gasteiger partial charge is 0.481 e. The Morgan fingerprint density at radius 3 is 2.43 bits per heavy atom. The molecule has 3 nitrogen and oxygen atoms in total. The van der Waals surface area contributed by atoms with Crippen LogP contribution in [0, 0.1) is 11.3 Å². The minimum Gasteiger partial charge on any atom is -0.481 e. The number of carbonyl (C=O) groups is 1. The van der Waals surface area contributed by atoms with Crippen molar-refractivity contribution in [3.05, 3.63) is 0 Å². The van der Waals surface area contributed by atoms with Gasteiger partial charge in [-0.25, -0.2) is 0 Å². The van der Waals surface area contributed by atoms with Crippen LogP contribution in [-0.4, -0.2) is 36.1 Å². The monoisotopic (exact) mass is 197 g/mol. The lowest BCUT2D eigenvalue weighted by Gasteiger charge is -2.30. The van der Waals surface area contributed by atoms with Crippen LogP contribution in [0.4, 0.5) is 0 Å². The molecule has 1 aliphatic heterocycles. The molecule has 14 heavy (non-hydrogen) atoms. The summed E-state index contributed by atoms with van der Waals surface area (Å²) in [6.07, 6.45) is 5.12. The Bertz CT molecular complexity index is 227. The third-order valence-corrected chi connectivity index (χ3v) is 3.82. The van der Waals surface area contributed by atoms with Gasteiger partial charge in [0.1, 0.15) is 0 Å². The van der Waals surface area contributed by atoms with E-state index in [2.05, 4.69) is 11.9 Å². The fourth-order valence-electron chi connectivity index (χ4n) is 2.47. The molecule has 2 fully saturated rings. The number of aliphatic carboxylic acids is 1. The van der Waals surface area contributed by atoms with Crippen molar-refractivity contribution in [2.45, 2.75) is 32.1 Å². The van der Waals surface area contributed by atoms with Crippen LogP contribution in [0.3, 0.4) is 0 Å². The number of hydrogen-bond acceptors (Lipinski definition) is 2. The molecule has 1 aliphatic carbocycles. The van der Waals surface area contributed by atoms with Crippen LogP contribution in [0.2, 0.25) is 0 Å². The van der Waals surface area contributed by atoms with E-state index in [4.69, 9.17) is 5.11 Å². The summed E-state index contributed by atoms with van der Waals surface area (Å²) in [5.41, 5.74) is -0.305. The van der Waals surface area contributed by atoms with Gasteiger partial charge in [-0.2, -0.15) is 0 Å². The van der Waals surface area contributed by atoms with Gasteiger partial charge in [0.25, 0.3) is 0 Å². The Balaban J connectivity index is 1.83. The highest BCUT2D eigenvalue weighted by molar-refractivity contribution is 5.77. The summed E-state index contributed by atoms with van der Waals surface area (Å²) in [6.45, 7) is 2.28. The second kappa shape index (κ2) is 3.54. The quantitative estimate of drug-likeness (QED) is 0.746. The molecule has 2 aliphatic rings. The zero-order chi connectivity index (χ0) is 10.2. The molecule has 0 bridgehead atoms. The predicted octanol–water partition coefficient (Wildman–Crippen LogP) is 1.58. The van der Waals surface area contributed by atoms with Crippen LogP contribution in [0.15, 0.2) is 0 Å². The Hall–Kier alpha value is -0.570. The van der Waals surface area contributed by atoms with Crippen LogP contribution < -0.4 is 0 Å². The summed E-state index contributed by atoms with van der Waals surface area (Å²) in [7, 11) is 2.14. The van der Waals surface area contributed by atoms with Crippen LogP contribution in [0.25, 0.3) is 0 Å². The number of rotatable bonds is 3. The zero-order valence-corrected chi connectivity index (χ0v) is 8.83. The van der Waals surface area contributed by atoms with Gasteiger partial charge in [0.2, 0.25) is 0 Å². The number of piperidine rings is 1. The van der Waals surface area contributed by atoms with Crippen molar-refractivity contribution in [1.82, 2.24) is 4.90 Å². The van der Waals surface area contributed by atoms with Crippen LogP contribution >= 0.6 is 0 Å². The Morgan fingerprint density at radius 1 is 1.43 bits per heavy atom. The summed E-state index contributed by atoms with van der Waals surface area (Å²) in [5, 5.41) is 9.08. The highest BCUT2D eigenvalue weighted by atomic mass is 16.4. The van der Waals surface area contributed by atoms with Crippen molar-refractivity contribution in [2.24, 2.45) is 11.3 Å². The van der Waals surface area contributed by atoms with Gasteiger partial charge in [-0.1, -0.05) is 0 Å². The summed E-state index contributed by atoms with van der Waals surface area (Å²) in [4.78, 5) is 13.3. The summed E-state index contributed by atoms with van der Waals surface area (Å²) in [5.74, 6) is 0.0984. The molecule has 0 unspecified atom stereocenters. The molecule has 1 heterocycles. The Kier molecular flexibility index (Phi) is 2.52. The highest BCUT2D eigenvalue weighted by Gasteiger charge is 2.51. The Morgan fingerprint density at radius 2 is 2.00 bits per heavy atom. The molecule has 1 saturated heterocycles. The molecule has 0 atom stereocenters. The molecule has 1 saturated carbocycles. The molecular formula is C11H19NO2. The van der Waals surface area contributed by atoms with Gasteiger partial charge in [-0.05, 0) is 58.2 Å². The fourth-order valence-corrected chi connectivity index (χ4v) is 2.47. The van der Waals surface area contributed by atoms with E-state index in [-0.39, 0.29) is 5.41 Å². The number of carboxylic acids is 1. The standard InChI is InChI=1S/C11H19NO2/c1-12-6-2-9(3-7-12)8-11(4-5-11)10(13)14/h9H,2-8H2,1H3,(H,13,14). The van der Waals surface area contributed by atoms with Crippen molar-refractivity contribution in [2.75, 3.05) is 20.1 Å². The highest BCUT2D eigenvalue weighted by Crippen LogP contribution is 2.52. The van der Waals surface area contributed by atoms with Crippen molar-refractivity contribution in [1.29, 1.82) is 0 Å². The molecule has 0 aromatic heterocycles. The van der Waals surface area contributed by atoms with E-state index in [0.717, 1.165) is 32.4 Å². The van der Waals surface area contributed by atoms with E-state index >= 15 is 0 Å². The van der Waals surface area contributed by atoms with Gasteiger partial charge in [0.05, 0.1) is 5.41 Å². The lowest BCUT2D eigenvalue weighted by Crippen LogP contribution is -2.32. The number of carboxylic acid groups (broad SMARTS) is 1. The maximum atomic E-state index is 11.0. The molecule has 3 heteroatoms. The van der Waals surface area contributed by atoms with Crippen molar-refractivity contribution < 1.29 is 9.90 Å². The van der Waals surface area contributed by atoms with Crippen LogP contribution in [0.5, 0.6) is 0 Å². The first-order valence-corrected chi connectivity index (χ1v) is 5.54. The first-order valence-electron chi connectivity index (χ1n) is 5.54. The fraction of sp³-hybridized carbons (Fsp3) is 0.909. The molecule has 0 spiro atoms. The van der Waals surface area contributed by atoms with Crippen LogP contribution in [0.1, 0.15) is 32.1 Å². The minimum atomic E-state index is -0.559. The predicted molar refractivity (Wildman–Crippen MR) is 54.1 cm³/mol. The molecule has 0 aromatic carbocycles. The third kappa shape index (κ3) is 1.92. The Labute approximate surface area is 85.1 Å². The molecule has 0 amide bonds. The topological polar surface area (TPSA) is 40.5 Å². The SMILES string of the molecule is CN1CCC(CC2(C(=O)O)CC2)CC1. The second-order valence-electron chi connectivity index (χ2n) is 5.04. The summed E-state index contributed by atoms with van der Waals surface area (Å²) in [6, 6.07) is 0. The molecule has 1 N–H and O–H groups in total. The van der Waals surface area contributed by atoms with Gasteiger partial charge in [0, 0.05) is 0 Å². The first-order chi connectivity index (χ1) is 6.62. The normalized spacial score (nSPS) is 27.5. The number of likely N-dealkylation sites (tertiary alicyclic amines) is 1. The second-order valence-corrected chi connectivity index (χ2v) is 5.04. The van der Waals surface area contributed by atoms with Gasteiger partial charge in [0.15, 0.2) is 0 Å². The van der Waals surface area contributed by atoms with Crippen LogP contribution in [-0.2, 0) is 4.79 Å². The molecule has 2 rings (SSSR count). The van der Waals surface area contributed by atoms with E-state index in [1.807, 2.05) is 0 Å². The van der Waals surface area contributed by atoms with E-state index < -0.39 is 5.97 Å². The van der Waals surface area contributed by atoms with E-state index in [0.29, 0.717) is 5.92 Å². The lowest BCUT2D eigenvalue weighted by atomic mass is 9.85. The van der Waals surface area contributed by atoms with E-state index in [1.165, 1.54) is 12.8 Å². The van der Waals surface area contributed by atoms with Crippen molar-refractivity contribution in [3.63, 3.8) is 0 Å².